The molecule has 3 saturated carbocycles. The predicted octanol–water partition coefficient (Wildman–Crippen LogP) is 3.61. The average Bonchev–Trinajstić information content (AvgIpc) is 3.13. The van der Waals surface area contributed by atoms with Crippen molar-refractivity contribution in [3.05, 3.63) is 24.3 Å². The van der Waals surface area contributed by atoms with Crippen LogP contribution >= 0.6 is 0 Å². The number of anilines is 1. The molecule has 3 aliphatic carbocycles. The predicted molar refractivity (Wildman–Crippen MR) is 112 cm³/mol. The summed E-state index contributed by atoms with van der Waals surface area (Å²) in [4.78, 5) is 11.6. The van der Waals surface area contributed by atoms with Crippen molar-refractivity contribution in [1.29, 1.82) is 0 Å². The largest absolute Gasteiger partial charge is 0.431 e. The summed E-state index contributed by atoms with van der Waals surface area (Å²) >= 11 is 0. The number of hydrogen-bond donors (Lipinski definition) is 1. The van der Waals surface area contributed by atoms with Gasteiger partial charge in [0, 0.05) is 42.5 Å². The lowest BCUT2D eigenvalue weighted by molar-refractivity contribution is -0.221. The Bertz CT molecular complexity index is 953. The Kier molecular flexibility index (Phi) is 4.93. The molecule has 168 valence electrons. The first-order chi connectivity index (χ1) is 14.9. The number of morpholine rings is 1. The first-order valence-corrected chi connectivity index (χ1v) is 11.0. The zero-order chi connectivity index (χ0) is 21.8. The maximum absolute atomic E-state index is 12.7. The van der Waals surface area contributed by atoms with Crippen LogP contribution in [0.15, 0.2) is 18.5 Å². The molecule has 2 N–H and O–H groups in total. The van der Waals surface area contributed by atoms with Gasteiger partial charge in [0.2, 0.25) is 0 Å². The van der Waals surface area contributed by atoms with E-state index in [2.05, 4.69) is 39.2 Å². The lowest BCUT2D eigenvalue weighted by Crippen LogP contribution is -2.79. The van der Waals surface area contributed by atoms with Gasteiger partial charge in [-0.05, 0) is 31.7 Å². The first kappa shape index (κ1) is 20.6. The third-order valence-corrected chi connectivity index (χ3v) is 7.35. The molecule has 1 aliphatic heterocycles. The number of alkyl halides is 2. The van der Waals surface area contributed by atoms with Crippen LogP contribution in [0, 0.1) is 0 Å². The number of rotatable bonds is 7. The van der Waals surface area contributed by atoms with E-state index in [0.717, 1.165) is 57.8 Å². The van der Waals surface area contributed by atoms with Gasteiger partial charge < -0.3 is 19.8 Å². The fourth-order valence-electron chi connectivity index (χ4n) is 5.54. The van der Waals surface area contributed by atoms with Crippen molar-refractivity contribution >= 4 is 5.82 Å². The minimum atomic E-state index is -2.95. The average molecular weight is 434 g/mol. The minimum absolute atomic E-state index is 0.0579. The molecule has 31 heavy (non-hydrogen) atoms. The molecule has 1 atom stereocenters. The van der Waals surface area contributed by atoms with Gasteiger partial charge in [0.15, 0.2) is 11.6 Å². The zero-order valence-corrected chi connectivity index (χ0v) is 18.0. The number of halogens is 2. The number of imidazole rings is 1. The van der Waals surface area contributed by atoms with Gasteiger partial charge in [-0.25, -0.2) is 9.97 Å². The Morgan fingerprint density at radius 2 is 1.94 bits per heavy atom. The molecule has 7 nitrogen and oxygen atoms in total. The fourth-order valence-corrected chi connectivity index (χ4v) is 5.54. The number of nitrogen functional groups attached to an aromatic ring is 1. The lowest BCUT2D eigenvalue weighted by Gasteiger charge is -2.74. The van der Waals surface area contributed by atoms with E-state index in [9.17, 15) is 8.78 Å². The topological polar surface area (TPSA) is 78.4 Å². The maximum atomic E-state index is 12.7. The smallest absolute Gasteiger partial charge is 0.387 e. The van der Waals surface area contributed by atoms with Crippen LogP contribution in [-0.2, 0) is 10.3 Å². The molecule has 9 heteroatoms. The Balaban J connectivity index is 1.44. The van der Waals surface area contributed by atoms with E-state index in [4.69, 9.17) is 15.5 Å². The summed E-state index contributed by atoms with van der Waals surface area (Å²) in [6.07, 6.45) is 7.97. The monoisotopic (exact) mass is 433 g/mol. The van der Waals surface area contributed by atoms with E-state index in [0.29, 0.717) is 22.7 Å². The molecule has 2 aromatic heterocycles. The second-order valence-electron chi connectivity index (χ2n) is 9.23. The molecule has 0 radical (unpaired) electrons. The van der Waals surface area contributed by atoms with Gasteiger partial charge in [-0.1, -0.05) is 13.8 Å². The van der Waals surface area contributed by atoms with Gasteiger partial charge in [-0.15, -0.1) is 0 Å². The Labute approximate surface area is 180 Å². The van der Waals surface area contributed by atoms with Crippen molar-refractivity contribution in [2.24, 2.45) is 0 Å². The molecule has 1 unspecified atom stereocenters. The summed E-state index contributed by atoms with van der Waals surface area (Å²) in [6.45, 7) is 5.02. The molecule has 0 aromatic carbocycles. The summed E-state index contributed by atoms with van der Waals surface area (Å²) < 4.78 is 37.8. The highest BCUT2D eigenvalue weighted by atomic mass is 19.3. The molecule has 0 spiro atoms. The minimum Gasteiger partial charge on any atom is -0.431 e. The molecular formula is C22H29F2N5O2. The molecule has 2 bridgehead atoms. The fraction of sp³-hybridized carbons (Fsp3) is 0.636. The Morgan fingerprint density at radius 3 is 2.58 bits per heavy atom. The van der Waals surface area contributed by atoms with Gasteiger partial charge >= 0.3 is 6.61 Å². The molecular weight excluding hydrogens is 404 g/mol. The van der Waals surface area contributed by atoms with Crippen LogP contribution in [0.25, 0.3) is 11.3 Å². The highest BCUT2D eigenvalue weighted by molar-refractivity contribution is 5.64. The van der Waals surface area contributed by atoms with Gasteiger partial charge in [0.05, 0.1) is 24.4 Å². The van der Waals surface area contributed by atoms with Gasteiger partial charge in [-0.2, -0.15) is 8.78 Å². The van der Waals surface area contributed by atoms with Crippen LogP contribution in [0.3, 0.4) is 0 Å². The van der Waals surface area contributed by atoms with E-state index >= 15 is 0 Å². The summed E-state index contributed by atoms with van der Waals surface area (Å²) in [5.74, 6) is 1.16. The van der Waals surface area contributed by atoms with E-state index in [1.165, 1.54) is 6.07 Å². The van der Waals surface area contributed by atoms with Crippen molar-refractivity contribution in [3.8, 4) is 17.0 Å². The first-order valence-electron chi connectivity index (χ1n) is 11.0. The lowest BCUT2D eigenvalue weighted by atomic mass is 9.43. The number of aromatic nitrogens is 3. The number of nitrogens with zero attached hydrogens (tertiary/aromatic N) is 4. The number of ether oxygens (including phenoxy) is 2. The third-order valence-electron chi connectivity index (χ3n) is 7.35. The quantitative estimate of drug-likeness (QED) is 0.719. The second-order valence-corrected chi connectivity index (χ2v) is 9.23. The van der Waals surface area contributed by atoms with Crippen molar-refractivity contribution in [2.45, 2.75) is 63.1 Å². The van der Waals surface area contributed by atoms with Crippen LogP contribution in [0.1, 0.15) is 51.3 Å². The van der Waals surface area contributed by atoms with Crippen molar-refractivity contribution in [2.75, 3.05) is 32.0 Å². The standard InChI is InChI=1S/C22H29F2N5O2/c1-3-14(2)19-27-16(15-8-17(31-20(23)24)18(25)26-9-15)10-29(19)22-11-21(12-22,13-22)28-4-6-30-7-5-28/h8-10,14,20H,3-7,11-13H2,1-2H3,(H2,25,26). The van der Waals surface area contributed by atoms with E-state index in [-0.39, 0.29) is 17.1 Å². The van der Waals surface area contributed by atoms with Crippen molar-refractivity contribution in [1.82, 2.24) is 19.4 Å². The summed E-state index contributed by atoms with van der Waals surface area (Å²) in [6, 6.07) is 1.50. The normalized spacial score (nSPS) is 28.8. The molecule has 4 aliphatic rings. The van der Waals surface area contributed by atoms with Gasteiger partial charge in [0.1, 0.15) is 5.82 Å². The van der Waals surface area contributed by atoms with Crippen molar-refractivity contribution < 1.29 is 18.3 Å². The SMILES string of the molecule is CCC(C)c1nc(-c2cnc(N)c(OC(F)F)c2)cn1C12CC(N3CCOCC3)(C1)C2. The van der Waals surface area contributed by atoms with Gasteiger partial charge in [-0.3, -0.25) is 4.90 Å². The zero-order valence-electron chi connectivity index (χ0n) is 18.0. The Morgan fingerprint density at radius 1 is 1.23 bits per heavy atom. The number of hydrogen-bond acceptors (Lipinski definition) is 6. The summed E-state index contributed by atoms with van der Waals surface area (Å²) in [5.41, 5.74) is 7.46. The molecule has 3 heterocycles. The van der Waals surface area contributed by atoms with E-state index < -0.39 is 6.61 Å². The Hall–Kier alpha value is -2.26. The molecule has 6 rings (SSSR count). The summed E-state index contributed by atoms with van der Waals surface area (Å²) in [5, 5.41) is 0. The second kappa shape index (κ2) is 7.41. The summed E-state index contributed by atoms with van der Waals surface area (Å²) in [7, 11) is 0. The highest BCUT2D eigenvalue weighted by Gasteiger charge is 2.71. The van der Waals surface area contributed by atoms with Crippen LogP contribution in [0.5, 0.6) is 5.75 Å². The number of nitrogens with two attached hydrogens (primary N) is 1. The molecule has 4 fully saturated rings. The van der Waals surface area contributed by atoms with Crippen LogP contribution in [0.4, 0.5) is 14.6 Å². The molecule has 0 amide bonds. The maximum Gasteiger partial charge on any atom is 0.387 e. The van der Waals surface area contributed by atoms with Gasteiger partial charge in [0.25, 0.3) is 0 Å². The third kappa shape index (κ3) is 3.29. The molecule has 1 saturated heterocycles. The molecule has 2 aromatic rings. The van der Waals surface area contributed by atoms with Crippen LogP contribution in [-0.4, -0.2) is 57.9 Å². The highest BCUT2D eigenvalue weighted by Crippen LogP contribution is 2.68. The number of pyridine rings is 1. The van der Waals surface area contributed by atoms with E-state index in [1.54, 1.807) is 6.20 Å². The van der Waals surface area contributed by atoms with Crippen molar-refractivity contribution in [3.63, 3.8) is 0 Å². The van der Waals surface area contributed by atoms with Crippen LogP contribution in [0.2, 0.25) is 0 Å². The van der Waals surface area contributed by atoms with E-state index in [1.807, 2.05) is 0 Å². The van der Waals surface area contributed by atoms with Crippen LogP contribution < -0.4 is 10.5 Å².